The summed E-state index contributed by atoms with van der Waals surface area (Å²) in [6.07, 6.45) is 10.4. The van der Waals surface area contributed by atoms with Crippen LogP contribution in [0.15, 0.2) is 12.7 Å². The molecule has 2 heteroatoms. The van der Waals surface area contributed by atoms with Gasteiger partial charge in [0.1, 0.15) is 6.23 Å². The minimum absolute atomic E-state index is 0.406. The van der Waals surface area contributed by atoms with Gasteiger partial charge in [0, 0.05) is 19.7 Å². The van der Waals surface area contributed by atoms with Crippen LogP contribution in [0.25, 0.3) is 0 Å². The quantitative estimate of drug-likeness (QED) is 0.697. The number of rotatable bonds is 3. The lowest BCUT2D eigenvalue weighted by atomic mass is 9.92. The van der Waals surface area contributed by atoms with Crippen molar-refractivity contribution in [3.05, 3.63) is 12.7 Å². The van der Waals surface area contributed by atoms with Crippen LogP contribution in [0, 0.1) is 17.8 Å². The van der Waals surface area contributed by atoms with E-state index in [0.29, 0.717) is 6.23 Å². The fraction of sp³-hybridized carbons (Fsp3) is 0.867. The highest BCUT2D eigenvalue weighted by Crippen LogP contribution is 2.50. The SMILES string of the molecule is C=CCC1CC(N2CCCC2)OCCC2CC21. The van der Waals surface area contributed by atoms with Crippen molar-refractivity contribution in [3.8, 4) is 0 Å². The van der Waals surface area contributed by atoms with Gasteiger partial charge in [-0.05, 0) is 56.3 Å². The van der Waals surface area contributed by atoms with Crippen molar-refractivity contribution in [2.75, 3.05) is 19.7 Å². The maximum Gasteiger partial charge on any atom is 0.110 e. The zero-order valence-electron chi connectivity index (χ0n) is 10.8. The molecule has 2 heterocycles. The zero-order valence-corrected chi connectivity index (χ0v) is 10.8. The molecule has 4 unspecified atom stereocenters. The molecule has 1 aliphatic carbocycles. The van der Waals surface area contributed by atoms with Gasteiger partial charge in [0.05, 0.1) is 0 Å². The van der Waals surface area contributed by atoms with E-state index in [1.807, 2.05) is 0 Å². The zero-order chi connectivity index (χ0) is 11.7. The van der Waals surface area contributed by atoms with Gasteiger partial charge in [-0.3, -0.25) is 4.90 Å². The predicted molar refractivity (Wildman–Crippen MR) is 69.7 cm³/mol. The Balaban J connectivity index is 1.64. The number of hydrogen-bond acceptors (Lipinski definition) is 2. The first-order chi connectivity index (χ1) is 8.38. The lowest BCUT2D eigenvalue weighted by Gasteiger charge is -2.32. The highest BCUT2D eigenvalue weighted by atomic mass is 16.5. The average Bonchev–Trinajstić information content (AvgIpc) is 2.86. The van der Waals surface area contributed by atoms with Crippen LogP contribution in [0.5, 0.6) is 0 Å². The molecule has 96 valence electrons. The number of ether oxygens (including phenoxy) is 1. The Morgan fingerprint density at radius 2 is 2.06 bits per heavy atom. The summed E-state index contributed by atoms with van der Waals surface area (Å²) in [5, 5.41) is 0. The summed E-state index contributed by atoms with van der Waals surface area (Å²) in [6, 6.07) is 0. The van der Waals surface area contributed by atoms with Crippen molar-refractivity contribution >= 4 is 0 Å². The Labute approximate surface area is 105 Å². The average molecular weight is 235 g/mol. The first-order valence-corrected chi connectivity index (χ1v) is 7.35. The number of allylic oxidation sites excluding steroid dienone is 1. The molecule has 0 N–H and O–H groups in total. The van der Waals surface area contributed by atoms with Gasteiger partial charge in [0.15, 0.2) is 0 Å². The Hall–Kier alpha value is -0.340. The fourth-order valence-electron chi connectivity index (χ4n) is 3.81. The lowest BCUT2D eigenvalue weighted by Crippen LogP contribution is -2.38. The summed E-state index contributed by atoms with van der Waals surface area (Å²) in [6.45, 7) is 7.42. The molecule has 2 aliphatic heterocycles. The second kappa shape index (κ2) is 5.11. The maximum atomic E-state index is 6.13. The van der Waals surface area contributed by atoms with Crippen molar-refractivity contribution in [3.63, 3.8) is 0 Å². The van der Waals surface area contributed by atoms with Crippen molar-refractivity contribution in [1.82, 2.24) is 4.90 Å². The molecule has 3 fully saturated rings. The minimum atomic E-state index is 0.406. The first kappa shape index (κ1) is 11.7. The van der Waals surface area contributed by atoms with Crippen LogP contribution in [-0.2, 0) is 4.74 Å². The predicted octanol–water partition coefficient (Wildman–Crippen LogP) is 3.05. The van der Waals surface area contributed by atoms with E-state index in [0.717, 1.165) is 24.4 Å². The monoisotopic (exact) mass is 235 g/mol. The molecule has 2 nitrogen and oxygen atoms in total. The molecular formula is C15H25NO. The molecule has 0 amide bonds. The molecule has 17 heavy (non-hydrogen) atoms. The molecule has 1 saturated carbocycles. The fourth-order valence-corrected chi connectivity index (χ4v) is 3.81. The molecule has 0 radical (unpaired) electrons. The van der Waals surface area contributed by atoms with Crippen molar-refractivity contribution in [2.45, 2.75) is 44.8 Å². The molecule has 0 aromatic rings. The van der Waals surface area contributed by atoms with Crippen LogP contribution in [0.2, 0.25) is 0 Å². The highest BCUT2D eigenvalue weighted by molar-refractivity contribution is 4.95. The summed E-state index contributed by atoms with van der Waals surface area (Å²) < 4.78 is 6.13. The van der Waals surface area contributed by atoms with Gasteiger partial charge in [0.25, 0.3) is 0 Å². The number of fused-ring (bicyclic) bond motifs is 1. The van der Waals surface area contributed by atoms with Gasteiger partial charge in [-0.25, -0.2) is 0 Å². The molecule has 0 spiro atoms. The van der Waals surface area contributed by atoms with Crippen molar-refractivity contribution in [1.29, 1.82) is 0 Å². The molecule has 0 aromatic heterocycles. The number of likely N-dealkylation sites (tertiary alicyclic amines) is 1. The van der Waals surface area contributed by atoms with Crippen LogP contribution in [-0.4, -0.2) is 30.8 Å². The van der Waals surface area contributed by atoms with E-state index in [1.165, 1.54) is 51.6 Å². The number of nitrogens with zero attached hydrogens (tertiary/aromatic N) is 1. The summed E-state index contributed by atoms with van der Waals surface area (Å²) >= 11 is 0. The van der Waals surface area contributed by atoms with Crippen molar-refractivity contribution in [2.24, 2.45) is 17.8 Å². The molecule has 3 rings (SSSR count). The third kappa shape index (κ3) is 2.58. The third-order valence-corrected chi connectivity index (χ3v) is 4.90. The molecule has 0 bridgehead atoms. The van der Waals surface area contributed by atoms with Crippen LogP contribution in [0.1, 0.15) is 38.5 Å². The largest absolute Gasteiger partial charge is 0.363 e. The van der Waals surface area contributed by atoms with Gasteiger partial charge < -0.3 is 4.74 Å². The molecular weight excluding hydrogens is 210 g/mol. The van der Waals surface area contributed by atoms with Crippen LogP contribution in [0.3, 0.4) is 0 Å². The molecule has 4 atom stereocenters. The van der Waals surface area contributed by atoms with E-state index in [9.17, 15) is 0 Å². The smallest absolute Gasteiger partial charge is 0.110 e. The maximum absolute atomic E-state index is 6.13. The van der Waals surface area contributed by atoms with Gasteiger partial charge in [0.2, 0.25) is 0 Å². The third-order valence-electron chi connectivity index (χ3n) is 4.90. The van der Waals surface area contributed by atoms with E-state index in [2.05, 4.69) is 17.6 Å². The van der Waals surface area contributed by atoms with Crippen LogP contribution in [0.4, 0.5) is 0 Å². The van der Waals surface area contributed by atoms with Gasteiger partial charge in [-0.2, -0.15) is 0 Å². The second-order valence-electron chi connectivity index (χ2n) is 6.04. The van der Waals surface area contributed by atoms with E-state index in [1.54, 1.807) is 0 Å². The van der Waals surface area contributed by atoms with Gasteiger partial charge in [-0.1, -0.05) is 6.08 Å². The van der Waals surface area contributed by atoms with Gasteiger partial charge in [-0.15, -0.1) is 6.58 Å². The minimum Gasteiger partial charge on any atom is -0.363 e. The summed E-state index contributed by atoms with van der Waals surface area (Å²) in [4.78, 5) is 2.57. The Bertz CT molecular complexity index is 272. The van der Waals surface area contributed by atoms with E-state index in [-0.39, 0.29) is 0 Å². The lowest BCUT2D eigenvalue weighted by molar-refractivity contribution is -0.0721. The van der Waals surface area contributed by atoms with E-state index >= 15 is 0 Å². The van der Waals surface area contributed by atoms with Crippen LogP contribution < -0.4 is 0 Å². The summed E-state index contributed by atoms with van der Waals surface area (Å²) in [5.41, 5.74) is 0. The first-order valence-electron chi connectivity index (χ1n) is 7.35. The standard InChI is InChI=1S/C15H25NO/c1-2-5-12-11-15(16-7-3-4-8-16)17-9-6-13-10-14(12)13/h2,12-15H,1,3-11H2. The van der Waals surface area contributed by atoms with E-state index in [4.69, 9.17) is 4.74 Å². The highest BCUT2D eigenvalue weighted by Gasteiger charge is 2.44. The summed E-state index contributed by atoms with van der Waals surface area (Å²) in [5.74, 6) is 2.80. The molecule has 0 aromatic carbocycles. The second-order valence-corrected chi connectivity index (χ2v) is 6.04. The van der Waals surface area contributed by atoms with Gasteiger partial charge >= 0.3 is 0 Å². The molecule has 2 saturated heterocycles. The summed E-state index contributed by atoms with van der Waals surface area (Å²) in [7, 11) is 0. The normalized spacial score (nSPS) is 42.6. The Morgan fingerprint density at radius 3 is 2.82 bits per heavy atom. The Morgan fingerprint density at radius 1 is 1.24 bits per heavy atom. The van der Waals surface area contributed by atoms with Crippen molar-refractivity contribution < 1.29 is 4.74 Å². The number of hydrogen-bond donors (Lipinski definition) is 0. The Kier molecular flexibility index (Phi) is 3.53. The van der Waals surface area contributed by atoms with E-state index < -0.39 is 0 Å². The van der Waals surface area contributed by atoms with Crippen LogP contribution >= 0.6 is 0 Å². The topological polar surface area (TPSA) is 12.5 Å². The molecule has 3 aliphatic rings.